The van der Waals surface area contributed by atoms with Crippen molar-refractivity contribution in [2.24, 2.45) is 0 Å². The summed E-state index contributed by atoms with van der Waals surface area (Å²) < 4.78 is 0. The first kappa shape index (κ1) is 34.6. The number of aliphatic hydroxyl groups is 2. The molecule has 2 aromatic heterocycles. The molecule has 0 saturated heterocycles. The van der Waals surface area contributed by atoms with Crippen molar-refractivity contribution in [3.8, 4) is 0 Å². The molecular formula is C37H40ClN3O4S2. The number of carbonyl (C=O) groups excluding carboxylic acids is 2. The summed E-state index contributed by atoms with van der Waals surface area (Å²) in [5.74, 6) is -0.0435. The fourth-order valence-electron chi connectivity index (χ4n) is 5.74. The Kier molecular flexibility index (Phi) is 12.4. The second kappa shape index (κ2) is 16.9. The summed E-state index contributed by atoms with van der Waals surface area (Å²) in [6.07, 6.45) is 2.39. The van der Waals surface area contributed by atoms with Crippen molar-refractivity contribution in [2.75, 3.05) is 13.1 Å². The quantitative estimate of drug-likeness (QED) is 0.102. The van der Waals surface area contributed by atoms with Gasteiger partial charge in [-0.05, 0) is 105 Å². The lowest BCUT2D eigenvalue weighted by Gasteiger charge is -2.22. The number of aliphatic hydroxyl groups excluding tert-OH is 2. The Labute approximate surface area is 288 Å². The topological polar surface area (TPSA) is 111 Å². The van der Waals surface area contributed by atoms with E-state index in [0.717, 1.165) is 53.1 Å². The molecule has 5 aromatic rings. The second-order valence-electron chi connectivity index (χ2n) is 11.6. The van der Waals surface area contributed by atoms with E-state index >= 15 is 0 Å². The van der Waals surface area contributed by atoms with Gasteiger partial charge in [-0.25, -0.2) is 4.79 Å². The molecule has 246 valence electrons. The Morgan fingerprint density at radius 3 is 2.43 bits per heavy atom. The van der Waals surface area contributed by atoms with E-state index in [1.807, 2.05) is 78.3 Å². The summed E-state index contributed by atoms with van der Waals surface area (Å²) in [6, 6.07) is 24.9. The molecule has 4 atom stereocenters. The Morgan fingerprint density at radius 2 is 1.66 bits per heavy atom. The van der Waals surface area contributed by atoms with Crippen LogP contribution in [0, 0.1) is 0 Å². The van der Waals surface area contributed by atoms with Crippen LogP contribution in [0.5, 0.6) is 0 Å². The molecule has 0 radical (unpaired) electrons. The maximum atomic E-state index is 12.6. The Bertz CT molecular complexity index is 1760. The number of aryl methyl sites for hydroxylation is 1. The smallest absolute Gasteiger partial charge is 0.315 e. The van der Waals surface area contributed by atoms with Crippen molar-refractivity contribution in [3.05, 3.63) is 127 Å². The maximum Gasteiger partial charge on any atom is 0.315 e. The number of hydrogen-bond donors (Lipinski definition) is 5. The first-order valence-electron chi connectivity index (χ1n) is 15.8. The summed E-state index contributed by atoms with van der Waals surface area (Å²) in [5.41, 5.74) is 3.78. The largest absolute Gasteiger partial charge is 0.387 e. The number of rotatable bonds is 10. The standard InChI is InChI=1S/C21H21NO2S.C16H19ClN2O2S/c23-19(16-9-8-14-4-1-2-5-15(14)12-16)13-22-21(24)18-6-3-7-20-17(18)10-11-25-20;1-2-14(11-4-3-5-13(17)8-11)19-16(21)18-9-15(20)12-6-7-22-10-12/h1-2,4-5,8-12,18-19,23H,3,6-7,13H2,(H,22,24);3-8,10,14-15,20H,2,9H2,1H3,(H2,18,19,21). The van der Waals surface area contributed by atoms with Crippen molar-refractivity contribution >= 4 is 57.0 Å². The summed E-state index contributed by atoms with van der Waals surface area (Å²) in [4.78, 5) is 25.9. The molecule has 1 aliphatic carbocycles. The number of thiophene rings is 2. The number of carbonyl (C=O) groups is 2. The average molecular weight is 690 g/mol. The van der Waals surface area contributed by atoms with Gasteiger partial charge >= 0.3 is 6.03 Å². The average Bonchev–Trinajstić information content (AvgIpc) is 3.82. The van der Waals surface area contributed by atoms with Crippen molar-refractivity contribution < 1.29 is 19.8 Å². The molecule has 7 nitrogen and oxygen atoms in total. The van der Waals surface area contributed by atoms with Crippen LogP contribution in [0.4, 0.5) is 4.79 Å². The predicted molar refractivity (Wildman–Crippen MR) is 192 cm³/mol. The first-order chi connectivity index (χ1) is 22.8. The lowest BCUT2D eigenvalue weighted by atomic mass is 9.87. The Hall–Kier alpha value is -3.73. The van der Waals surface area contributed by atoms with Crippen LogP contribution in [0.3, 0.4) is 0 Å². The van der Waals surface area contributed by atoms with E-state index in [2.05, 4.69) is 33.5 Å². The van der Waals surface area contributed by atoms with Gasteiger partial charge in [-0.3, -0.25) is 4.79 Å². The highest BCUT2D eigenvalue weighted by molar-refractivity contribution is 7.10. The van der Waals surface area contributed by atoms with E-state index in [9.17, 15) is 19.8 Å². The molecule has 0 bridgehead atoms. The fourth-order valence-corrected chi connectivity index (χ4v) is 7.63. The second-order valence-corrected chi connectivity index (χ2v) is 13.8. The number of benzene rings is 3. The number of fused-ring (bicyclic) bond motifs is 2. The van der Waals surface area contributed by atoms with Crippen LogP contribution in [0.15, 0.2) is 95.0 Å². The van der Waals surface area contributed by atoms with Crippen molar-refractivity contribution in [2.45, 2.75) is 56.8 Å². The zero-order chi connectivity index (χ0) is 33.2. The minimum absolute atomic E-state index is 0.0270. The summed E-state index contributed by atoms with van der Waals surface area (Å²) in [7, 11) is 0. The normalized spacial score (nSPS) is 15.8. The molecule has 0 spiro atoms. The highest BCUT2D eigenvalue weighted by Crippen LogP contribution is 2.35. The number of amides is 3. The van der Waals surface area contributed by atoms with Crippen molar-refractivity contribution in [1.29, 1.82) is 0 Å². The van der Waals surface area contributed by atoms with Gasteiger partial charge in [-0.2, -0.15) is 11.3 Å². The van der Waals surface area contributed by atoms with Crippen LogP contribution in [0.1, 0.15) is 77.5 Å². The number of nitrogens with one attached hydrogen (secondary N) is 3. The molecule has 0 fully saturated rings. The molecule has 3 aromatic carbocycles. The molecule has 4 unspecified atom stereocenters. The Morgan fingerprint density at radius 1 is 0.872 bits per heavy atom. The third-order valence-electron chi connectivity index (χ3n) is 8.34. The van der Waals surface area contributed by atoms with Crippen LogP contribution in [-0.2, 0) is 11.2 Å². The van der Waals surface area contributed by atoms with E-state index < -0.39 is 12.2 Å². The molecule has 47 heavy (non-hydrogen) atoms. The van der Waals surface area contributed by atoms with Gasteiger partial charge in [0.1, 0.15) is 0 Å². The molecule has 0 aliphatic heterocycles. The molecule has 2 heterocycles. The number of urea groups is 1. The highest BCUT2D eigenvalue weighted by Gasteiger charge is 2.27. The van der Waals surface area contributed by atoms with Crippen molar-refractivity contribution in [3.63, 3.8) is 0 Å². The lowest BCUT2D eigenvalue weighted by molar-refractivity contribution is -0.123. The van der Waals surface area contributed by atoms with E-state index in [1.165, 1.54) is 21.8 Å². The minimum atomic E-state index is -0.695. The molecule has 5 N–H and O–H groups in total. The lowest BCUT2D eigenvalue weighted by Crippen LogP contribution is -2.39. The summed E-state index contributed by atoms with van der Waals surface area (Å²) >= 11 is 9.24. The molecule has 1 aliphatic rings. The molecular weight excluding hydrogens is 650 g/mol. The Balaban J connectivity index is 0.000000186. The number of hydrogen-bond acceptors (Lipinski definition) is 6. The SMILES string of the molecule is CCC(NC(=O)NCC(O)c1ccsc1)c1cccc(Cl)c1.O=C(NCC(O)c1ccc2ccccc2c1)C1CCCc2sccc21. The van der Waals surface area contributed by atoms with Crippen molar-refractivity contribution in [1.82, 2.24) is 16.0 Å². The molecule has 0 saturated carbocycles. The third kappa shape index (κ3) is 9.43. The van der Waals surface area contributed by atoms with Gasteiger partial charge in [0.15, 0.2) is 0 Å². The van der Waals surface area contributed by atoms with Crippen LogP contribution in [0.25, 0.3) is 10.8 Å². The zero-order valence-electron chi connectivity index (χ0n) is 26.2. The van der Waals surface area contributed by atoms with Crippen LogP contribution in [0.2, 0.25) is 5.02 Å². The first-order valence-corrected chi connectivity index (χ1v) is 18.0. The molecule has 6 rings (SSSR count). The molecule has 3 amide bonds. The fraction of sp³-hybridized carbons (Fsp3) is 0.297. The maximum absolute atomic E-state index is 12.6. The van der Waals surface area contributed by atoms with Crippen LogP contribution >= 0.6 is 34.3 Å². The van der Waals surface area contributed by atoms with E-state index in [4.69, 9.17) is 11.6 Å². The van der Waals surface area contributed by atoms with Gasteiger partial charge in [0.25, 0.3) is 0 Å². The van der Waals surface area contributed by atoms with Gasteiger partial charge in [0.2, 0.25) is 5.91 Å². The minimum Gasteiger partial charge on any atom is -0.387 e. The van der Waals surface area contributed by atoms with Crippen LogP contribution < -0.4 is 16.0 Å². The van der Waals surface area contributed by atoms with Gasteiger partial charge in [0, 0.05) is 23.0 Å². The van der Waals surface area contributed by atoms with Gasteiger partial charge in [-0.1, -0.05) is 67.1 Å². The highest BCUT2D eigenvalue weighted by atomic mass is 35.5. The number of halogens is 1. The summed E-state index contributed by atoms with van der Waals surface area (Å²) in [5, 5.41) is 37.7. The van der Waals surface area contributed by atoms with Gasteiger partial charge in [-0.15, -0.1) is 11.3 Å². The van der Waals surface area contributed by atoms with E-state index in [-0.39, 0.29) is 37.0 Å². The zero-order valence-corrected chi connectivity index (χ0v) is 28.6. The summed E-state index contributed by atoms with van der Waals surface area (Å²) in [6.45, 7) is 2.41. The monoisotopic (exact) mass is 689 g/mol. The van der Waals surface area contributed by atoms with Gasteiger partial charge in [0.05, 0.1) is 24.2 Å². The van der Waals surface area contributed by atoms with E-state index in [0.29, 0.717) is 5.02 Å². The predicted octanol–water partition coefficient (Wildman–Crippen LogP) is 8.06. The van der Waals surface area contributed by atoms with Crippen LogP contribution in [-0.4, -0.2) is 35.2 Å². The van der Waals surface area contributed by atoms with E-state index in [1.54, 1.807) is 17.4 Å². The van der Waals surface area contributed by atoms with Gasteiger partial charge < -0.3 is 26.2 Å². The third-order valence-corrected chi connectivity index (χ3v) is 10.3. The molecule has 10 heteroatoms.